The van der Waals surface area contributed by atoms with Crippen molar-refractivity contribution in [2.45, 2.75) is 12.0 Å². The van der Waals surface area contributed by atoms with Gasteiger partial charge in [0.05, 0.1) is 5.76 Å². The summed E-state index contributed by atoms with van der Waals surface area (Å²) in [6.45, 7) is 0. The number of thiophene rings is 1. The van der Waals surface area contributed by atoms with E-state index in [0.717, 1.165) is 15.6 Å². The molecule has 0 spiro atoms. The zero-order chi connectivity index (χ0) is 13.3. The molecule has 1 aromatic heterocycles. The third-order valence-corrected chi connectivity index (χ3v) is 4.48. The van der Waals surface area contributed by atoms with E-state index in [1.54, 1.807) is 23.6 Å². The smallest absolute Gasteiger partial charge is 0.118 e. The monoisotopic (exact) mass is 333 g/mol. The number of nitrogens with zero attached hydrogens (tertiary/aromatic N) is 1. The van der Waals surface area contributed by atoms with Crippen LogP contribution in [0.4, 0.5) is 0 Å². The van der Waals surface area contributed by atoms with Gasteiger partial charge in [-0.25, -0.2) is 0 Å². The standard InChI is InChI=1S/C15H12BrNOS/c16-13-3-1-2-11(8-13)15(12-5-7-19-10-12)9-14(18)4-6-17-15/h1-8,10,18H,9H2. The van der Waals surface area contributed by atoms with E-state index in [1.165, 1.54) is 0 Å². The second-order valence-electron chi connectivity index (χ2n) is 4.50. The minimum absolute atomic E-state index is 0.362. The number of aliphatic hydroxyl groups excluding tert-OH is 1. The number of rotatable bonds is 2. The molecular weight excluding hydrogens is 322 g/mol. The van der Waals surface area contributed by atoms with Gasteiger partial charge in [-0.05, 0) is 46.2 Å². The largest absolute Gasteiger partial charge is 0.512 e. The minimum Gasteiger partial charge on any atom is -0.512 e. The maximum atomic E-state index is 9.94. The van der Waals surface area contributed by atoms with Crippen molar-refractivity contribution in [3.05, 3.63) is 68.5 Å². The third kappa shape index (κ3) is 2.26. The fourth-order valence-corrected chi connectivity index (χ4v) is 3.51. The Hall–Kier alpha value is -1.39. The molecule has 1 unspecified atom stereocenters. The van der Waals surface area contributed by atoms with Gasteiger partial charge in [0.1, 0.15) is 5.54 Å². The highest BCUT2D eigenvalue weighted by Gasteiger charge is 2.36. The fourth-order valence-electron chi connectivity index (χ4n) is 2.38. The number of allylic oxidation sites excluding steroid dienone is 1. The topological polar surface area (TPSA) is 32.6 Å². The fraction of sp³-hybridized carbons (Fsp3) is 0.133. The lowest BCUT2D eigenvalue weighted by Gasteiger charge is -2.31. The number of aliphatic imine (C=N–C) groups is 1. The second kappa shape index (κ2) is 4.94. The molecule has 0 aliphatic carbocycles. The predicted molar refractivity (Wildman–Crippen MR) is 83.1 cm³/mol. The van der Waals surface area contributed by atoms with Gasteiger partial charge in [-0.3, -0.25) is 4.99 Å². The molecule has 1 aliphatic heterocycles. The highest BCUT2D eigenvalue weighted by molar-refractivity contribution is 9.10. The molecule has 1 aromatic carbocycles. The van der Waals surface area contributed by atoms with Crippen LogP contribution < -0.4 is 0 Å². The molecule has 2 nitrogen and oxygen atoms in total. The molecule has 3 rings (SSSR count). The van der Waals surface area contributed by atoms with Gasteiger partial charge in [-0.15, -0.1) is 0 Å². The van der Waals surface area contributed by atoms with E-state index in [1.807, 2.05) is 17.5 Å². The van der Waals surface area contributed by atoms with Crippen molar-refractivity contribution in [1.29, 1.82) is 0 Å². The van der Waals surface area contributed by atoms with Crippen LogP contribution in [-0.4, -0.2) is 11.3 Å². The van der Waals surface area contributed by atoms with E-state index < -0.39 is 5.54 Å². The van der Waals surface area contributed by atoms with Crippen LogP contribution in [0.25, 0.3) is 0 Å². The Bertz CT molecular complexity index is 648. The number of benzene rings is 1. The van der Waals surface area contributed by atoms with E-state index >= 15 is 0 Å². The first-order valence-electron chi connectivity index (χ1n) is 5.93. The molecule has 1 aliphatic rings. The third-order valence-electron chi connectivity index (χ3n) is 3.30. The molecule has 4 heteroatoms. The molecule has 96 valence electrons. The maximum Gasteiger partial charge on any atom is 0.118 e. The van der Waals surface area contributed by atoms with Crippen LogP contribution in [-0.2, 0) is 5.54 Å². The average molecular weight is 334 g/mol. The van der Waals surface area contributed by atoms with E-state index in [0.29, 0.717) is 12.2 Å². The molecule has 2 heterocycles. The van der Waals surface area contributed by atoms with Crippen molar-refractivity contribution < 1.29 is 5.11 Å². The number of aliphatic hydroxyl groups is 1. The molecular formula is C15H12BrNOS. The number of hydrogen-bond acceptors (Lipinski definition) is 3. The summed E-state index contributed by atoms with van der Waals surface area (Å²) in [7, 11) is 0. The molecule has 0 amide bonds. The van der Waals surface area contributed by atoms with Gasteiger partial charge in [0.25, 0.3) is 0 Å². The van der Waals surface area contributed by atoms with Crippen molar-refractivity contribution in [1.82, 2.24) is 0 Å². The molecule has 0 fully saturated rings. The molecule has 0 bridgehead atoms. The molecule has 1 N–H and O–H groups in total. The SMILES string of the molecule is OC1=CC=NC(c2ccsc2)(c2cccc(Br)c2)C1. The zero-order valence-electron chi connectivity index (χ0n) is 10.1. The van der Waals surface area contributed by atoms with Crippen LogP contribution in [0.3, 0.4) is 0 Å². The predicted octanol–water partition coefficient (Wildman–Crippen LogP) is 4.67. The summed E-state index contributed by atoms with van der Waals surface area (Å²) in [6, 6.07) is 10.2. The van der Waals surface area contributed by atoms with Gasteiger partial charge in [0, 0.05) is 17.1 Å². The van der Waals surface area contributed by atoms with Crippen molar-refractivity contribution >= 4 is 33.5 Å². The Morgan fingerprint density at radius 2 is 2.16 bits per heavy atom. The van der Waals surface area contributed by atoms with Crippen LogP contribution in [0.2, 0.25) is 0 Å². The molecule has 0 saturated carbocycles. The summed E-state index contributed by atoms with van der Waals surface area (Å²) in [5.41, 5.74) is 1.69. The van der Waals surface area contributed by atoms with Crippen LogP contribution in [0.1, 0.15) is 17.5 Å². The van der Waals surface area contributed by atoms with Crippen LogP contribution >= 0.6 is 27.3 Å². The van der Waals surface area contributed by atoms with Crippen molar-refractivity contribution in [3.63, 3.8) is 0 Å². The first kappa shape index (κ1) is 12.6. The van der Waals surface area contributed by atoms with Gasteiger partial charge >= 0.3 is 0 Å². The van der Waals surface area contributed by atoms with Gasteiger partial charge in [0.15, 0.2) is 0 Å². The Morgan fingerprint density at radius 3 is 2.84 bits per heavy atom. The average Bonchev–Trinajstić information content (AvgIpc) is 2.93. The van der Waals surface area contributed by atoms with Crippen molar-refractivity contribution in [2.75, 3.05) is 0 Å². The molecule has 1 atom stereocenters. The Kier molecular flexibility index (Phi) is 3.29. The van der Waals surface area contributed by atoms with Gasteiger partial charge < -0.3 is 5.11 Å². The van der Waals surface area contributed by atoms with E-state index in [-0.39, 0.29) is 0 Å². The number of dihydropyridines is 1. The summed E-state index contributed by atoms with van der Waals surface area (Å²) in [5, 5.41) is 14.1. The zero-order valence-corrected chi connectivity index (χ0v) is 12.5. The highest BCUT2D eigenvalue weighted by Crippen LogP contribution is 2.41. The summed E-state index contributed by atoms with van der Waals surface area (Å²) in [6.07, 6.45) is 3.84. The Morgan fingerprint density at radius 1 is 1.26 bits per heavy atom. The summed E-state index contributed by atoms with van der Waals surface area (Å²) in [4.78, 5) is 4.69. The van der Waals surface area contributed by atoms with Gasteiger partial charge in [-0.1, -0.05) is 28.1 Å². The van der Waals surface area contributed by atoms with Crippen molar-refractivity contribution in [3.8, 4) is 0 Å². The van der Waals surface area contributed by atoms with Crippen LogP contribution in [0.15, 0.2) is 62.4 Å². The molecule has 0 radical (unpaired) electrons. The lowest BCUT2D eigenvalue weighted by atomic mass is 9.80. The quantitative estimate of drug-likeness (QED) is 0.850. The van der Waals surface area contributed by atoms with Crippen LogP contribution in [0.5, 0.6) is 0 Å². The minimum atomic E-state index is -0.511. The van der Waals surface area contributed by atoms with E-state index in [4.69, 9.17) is 0 Å². The highest BCUT2D eigenvalue weighted by atomic mass is 79.9. The number of hydrogen-bond donors (Lipinski definition) is 1. The van der Waals surface area contributed by atoms with Crippen LogP contribution in [0, 0.1) is 0 Å². The summed E-state index contributed by atoms with van der Waals surface area (Å²) in [5.74, 6) is 0.362. The first-order chi connectivity index (χ1) is 9.21. The second-order valence-corrected chi connectivity index (χ2v) is 6.19. The Balaban J connectivity index is 2.18. The lowest BCUT2D eigenvalue weighted by molar-refractivity contribution is 0.345. The van der Waals surface area contributed by atoms with Gasteiger partial charge in [-0.2, -0.15) is 11.3 Å². The summed E-state index contributed by atoms with van der Waals surface area (Å²) >= 11 is 5.15. The Labute approximate surface area is 124 Å². The van der Waals surface area contributed by atoms with Gasteiger partial charge in [0.2, 0.25) is 0 Å². The maximum absolute atomic E-state index is 9.94. The number of halogens is 1. The normalized spacial score (nSPS) is 22.3. The molecule has 2 aromatic rings. The summed E-state index contributed by atoms with van der Waals surface area (Å²) < 4.78 is 1.02. The lowest BCUT2D eigenvalue weighted by Crippen LogP contribution is -2.27. The first-order valence-corrected chi connectivity index (χ1v) is 7.66. The molecule has 0 saturated heterocycles. The van der Waals surface area contributed by atoms with E-state index in [9.17, 15) is 5.11 Å². The van der Waals surface area contributed by atoms with Crippen molar-refractivity contribution in [2.24, 2.45) is 4.99 Å². The molecule has 19 heavy (non-hydrogen) atoms. The van der Waals surface area contributed by atoms with E-state index in [2.05, 4.69) is 44.5 Å².